The van der Waals surface area contributed by atoms with Crippen LogP contribution in [0.1, 0.15) is 0 Å². The summed E-state index contributed by atoms with van der Waals surface area (Å²) in [7, 11) is 1.56. The van der Waals surface area contributed by atoms with Crippen LogP contribution in [0.2, 0.25) is 5.15 Å². The van der Waals surface area contributed by atoms with E-state index in [-0.39, 0.29) is 22.4 Å². The van der Waals surface area contributed by atoms with E-state index in [9.17, 15) is 9.59 Å². The molecular weight excluding hydrogens is 476 g/mol. The first-order valence-electron chi connectivity index (χ1n) is 10.1. The molecule has 0 bridgehead atoms. The van der Waals surface area contributed by atoms with Gasteiger partial charge in [0.05, 0.1) is 35.1 Å². The van der Waals surface area contributed by atoms with E-state index in [0.29, 0.717) is 39.0 Å². The van der Waals surface area contributed by atoms with Gasteiger partial charge in [0.15, 0.2) is 10.3 Å². The topological polar surface area (TPSA) is 103 Å². The molecule has 11 heteroatoms. The third-order valence-electron chi connectivity index (χ3n) is 5.07. The van der Waals surface area contributed by atoms with Crippen LogP contribution in [0.25, 0.3) is 22.4 Å². The number of rotatable bonds is 6. The van der Waals surface area contributed by atoms with Crippen molar-refractivity contribution in [2.75, 3.05) is 18.2 Å². The minimum Gasteiger partial charge on any atom is -0.497 e. The van der Waals surface area contributed by atoms with Crippen molar-refractivity contribution in [3.8, 4) is 11.4 Å². The molecule has 5 rings (SSSR count). The average Bonchev–Trinajstić information content (AvgIpc) is 3.28. The van der Waals surface area contributed by atoms with Crippen LogP contribution in [0, 0.1) is 0 Å². The summed E-state index contributed by atoms with van der Waals surface area (Å²) in [4.78, 5) is 29.9. The molecule has 2 aromatic carbocycles. The molecule has 9 nitrogen and oxygen atoms in total. The Morgan fingerprint density at radius 2 is 1.97 bits per heavy atom. The van der Waals surface area contributed by atoms with Gasteiger partial charge < -0.3 is 10.1 Å². The SMILES string of the molecule is COc1cccc(-n2c(=O)c3ccccc3n3c(SCC(=O)Nc4cccnc4Cl)nnc23)c1. The predicted octanol–water partition coefficient (Wildman–Crippen LogP) is 3.82. The fraction of sp³-hybridized carbons (Fsp3) is 0.0870. The number of amides is 1. The summed E-state index contributed by atoms with van der Waals surface area (Å²) in [5, 5.41) is 12.5. The van der Waals surface area contributed by atoms with E-state index in [1.807, 2.05) is 12.1 Å². The molecule has 170 valence electrons. The van der Waals surface area contributed by atoms with Crippen molar-refractivity contribution in [1.29, 1.82) is 0 Å². The molecule has 1 amide bonds. The van der Waals surface area contributed by atoms with Gasteiger partial charge in [0.1, 0.15) is 5.75 Å². The maximum Gasteiger partial charge on any atom is 0.267 e. The molecule has 0 atom stereocenters. The number of methoxy groups -OCH3 is 1. The van der Waals surface area contributed by atoms with Crippen molar-refractivity contribution in [2.24, 2.45) is 0 Å². The Labute approximate surface area is 202 Å². The fourth-order valence-electron chi connectivity index (χ4n) is 3.55. The van der Waals surface area contributed by atoms with Gasteiger partial charge in [0, 0.05) is 12.3 Å². The van der Waals surface area contributed by atoms with Crippen LogP contribution in [0.5, 0.6) is 5.75 Å². The Morgan fingerprint density at radius 1 is 1.12 bits per heavy atom. The number of fused-ring (bicyclic) bond motifs is 3. The monoisotopic (exact) mass is 492 g/mol. The van der Waals surface area contributed by atoms with E-state index < -0.39 is 0 Å². The van der Waals surface area contributed by atoms with E-state index in [1.54, 1.807) is 66.2 Å². The summed E-state index contributed by atoms with van der Waals surface area (Å²) in [6, 6.07) is 17.7. The maximum absolute atomic E-state index is 13.4. The molecule has 0 unspecified atom stereocenters. The fourth-order valence-corrected chi connectivity index (χ4v) is 4.46. The molecule has 0 saturated carbocycles. The summed E-state index contributed by atoms with van der Waals surface area (Å²) in [6.07, 6.45) is 1.54. The molecule has 3 heterocycles. The highest BCUT2D eigenvalue weighted by atomic mass is 35.5. The lowest BCUT2D eigenvalue weighted by Crippen LogP contribution is -2.22. The van der Waals surface area contributed by atoms with Gasteiger partial charge in [-0.2, -0.15) is 0 Å². The van der Waals surface area contributed by atoms with E-state index in [1.165, 1.54) is 16.3 Å². The number of thioether (sulfide) groups is 1. The Balaban J connectivity index is 1.57. The summed E-state index contributed by atoms with van der Waals surface area (Å²) in [6.45, 7) is 0. The highest BCUT2D eigenvalue weighted by Crippen LogP contribution is 2.25. The first kappa shape index (κ1) is 21.9. The molecule has 0 saturated heterocycles. The number of anilines is 1. The molecule has 34 heavy (non-hydrogen) atoms. The van der Waals surface area contributed by atoms with Crippen molar-refractivity contribution < 1.29 is 9.53 Å². The minimum absolute atomic E-state index is 0.0542. The molecule has 0 aliphatic carbocycles. The highest BCUT2D eigenvalue weighted by molar-refractivity contribution is 7.99. The van der Waals surface area contributed by atoms with Gasteiger partial charge in [-0.15, -0.1) is 10.2 Å². The molecule has 5 aromatic rings. The van der Waals surface area contributed by atoms with Crippen LogP contribution < -0.4 is 15.6 Å². The summed E-state index contributed by atoms with van der Waals surface area (Å²) >= 11 is 7.22. The first-order valence-corrected chi connectivity index (χ1v) is 11.5. The van der Waals surface area contributed by atoms with Gasteiger partial charge in [-0.05, 0) is 36.4 Å². The van der Waals surface area contributed by atoms with E-state index in [4.69, 9.17) is 16.3 Å². The van der Waals surface area contributed by atoms with Crippen LogP contribution in [-0.4, -0.2) is 42.9 Å². The molecule has 0 aliphatic rings. The standard InChI is InChI=1S/C23H17ClN6O3S/c1-33-15-7-4-6-14(12-15)29-21(32)16-8-2-3-10-18(16)30-22(29)27-28-23(30)34-13-19(31)26-17-9-5-11-25-20(17)24/h2-12H,13H2,1H3,(H,26,31). The second-order valence-electron chi connectivity index (χ2n) is 7.16. The summed E-state index contributed by atoms with van der Waals surface area (Å²) < 4.78 is 8.58. The van der Waals surface area contributed by atoms with E-state index >= 15 is 0 Å². The lowest BCUT2D eigenvalue weighted by atomic mass is 10.2. The second kappa shape index (κ2) is 9.16. The first-order chi connectivity index (χ1) is 16.6. The summed E-state index contributed by atoms with van der Waals surface area (Å²) in [5.74, 6) is 0.714. The lowest BCUT2D eigenvalue weighted by Gasteiger charge is -2.12. The van der Waals surface area contributed by atoms with Gasteiger partial charge in [0.2, 0.25) is 11.7 Å². The number of benzene rings is 2. The number of ether oxygens (including phenoxy) is 1. The molecule has 0 spiro atoms. The zero-order valence-corrected chi connectivity index (χ0v) is 19.4. The largest absolute Gasteiger partial charge is 0.497 e. The van der Waals surface area contributed by atoms with E-state index in [2.05, 4.69) is 20.5 Å². The van der Waals surface area contributed by atoms with Crippen LogP contribution >= 0.6 is 23.4 Å². The number of hydrogen-bond acceptors (Lipinski definition) is 7. The number of carbonyl (C=O) groups excluding carboxylic acids is 1. The second-order valence-corrected chi connectivity index (χ2v) is 8.46. The number of nitrogens with one attached hydrogen (secondary N) is 1. The van der Waals surface area contributed by atoms with E-state index in [0.717, 1.165) is 0 Å². The maximum atomic E-state index is 13.4. The van der Waals surface area contributed by atoms with Gasteiger partial charge in [-0.1, -0.05) is 41.6 Å². The Bertz CT molecular complexity index is 1600. The van der Waals surface area contributed by atoms with Crippen molar-refractivity contribution in [3.05, 3.63) is 82.4 Å². The van der Waals surface area contributed by atoms with Crippen molar-refractivity contribution >= 4 is 51.6 Å². The highest BCUT2D eigenvalue weighted by Gasteiger charge is 2.19. The van der Waals surface area contributed by atoms with Crippen molar-refractivity contribution in [1.82, 2.24) is 24.1 Å². The lowest BCUT2D eigenvalue weighted by molar-refractivity contribution is -0.113. The zero-order chi connectivity index (χ0) is 23.7. The van der Waals surface area contributed by atoms with Gasteiger partial charge >= 0.3 is 0 Å². The Hall–Kier alpha value is -3.89. The number of hydrogen-bond donors (Lipinski definition) is 1. The number of aromatic nitrogens is 5. The van der Waals surface area contributed by atoms with Gasteiger partial charge in [-0.3, -0.25) is 14.0 Å². The molecule has 0 aliphatic heterocycles. The molecule has 0 fully saturated rings. The Morgan fingerprint density at radius 3 is 2.79 bits per heavy atom. The third kappa shape index (κ3) is 3.97. The number of carbonyl (C=O) groups is 1. The zero-order valence-electron chi connectivity index (χ0n) is 17.8. The van der Waals surface area contributed by atoms with Gasteiger partial charge in [-0.25, -0.2) is 9.55 Å². The quantitative estimate of drug-likeness (QED) is 0.284. The van der Waals surface area contributed by atoms with Crippen LogP contribution in [0.15, 0.2) is 76.8 Å². The number of nitrogens with zero attached hydrogens (tertiary/aromatic N) is 5. The number of pyridine rings is 1. The molecule has 3 aromatic heterocycles. The summed E-state index contributed by atoms with van der Waals surface area (Å²) in [5.41, 5.74) is 1.43. The smallest absolute Gasteiger partial charge is 0.267 e. The van der Waals surface area contributed by atoms with Crippen LogP contribution in [0.3, 0.4) is 0 Å². The van der Waals surface area contributed by atoms with Crippen LogP contribution in [-0.2, 0) is 4.79 Å². The number of para-hydroxylation sites is 1. The molecule has 1 N–H and O–H groups in total. The molecular formula is C23H17ClN6O3S. The number of halogens is 1. The normalized spacial score (nSPS) is 11.1. The third-order valence-corrected chi connectivity index (χ3v) is 6.30. The Kier molecular flexibility index (Phi) is 5.91. The van der Waals surface area contributed by atoms with Crippen LogP contribution in [0.4, 0.5) is 5.69 Å². The van der Waals surface area contributed by atoms with Crippen molar-refractivity contribution in [3.63, 3.8) is 0 Å². The van der Waals surface area contributed by atoms with Crippen molar-refractivity contribution in [2.45, 2.75) is 5.16 Å². The molecule has 0 radical (unpaired) electrons. The predicted molar refractivity (Wildman–Crippen MR) is 131 cm³/mol. The average molecular weight is 493 g/mol. The van der Waals surface area contributed by atoms with Gasteiger partial charge in [0.25, 0.3) is 5.56 Å². The minimum atomic E-state index is -0.276.